The van der Waals surface area contributed by atoms with Crippen molar-refractivity contribution in [2.45, 2.75) is 32.2 Å². The minimum absolute atomic E-state index is 0.235. The molecule has 1 heterocycles. The van der Waals surface area contributed by atoms with Gasteiger partial charge in [-0.2, -0.15) is 5.10 Å². The molecule has 0 bridgehead atoms. The Kier molecular flexibility index (Phi) is 7.29. The normalized spacial score (nSPS) is 12.4. The van der Waals surface area contributed by atoms with Crippen LogP contribution in [-0.2, 0) is 4.74 Å². The van der Waals surface area contributed by atoms with Crippen molar-refractivity contribution in [1.29, 1.82) is 0 Å². The first kappa shape index (κ1) is 14.9. The second-order valence-electron chi connectivity index (χ2n) is 4.14. The average molecular weight is 253 g/mol. The molecule has 0 amide bonds. The molecule has 0 aliphatic carbocycles. The molecule has 0 fully saturated rings. The predicted octanol–water partition coefficient (Wildman–Crippen LogP) is 1.95. The average Bonchev–Trinajstić information content (AvgIpc) is 2.43. The number of methoxy groups -OCH3 is 2. The van der Waals surface area contributed by atoms with Crippen LogP contribution in [0, 0.1) is 0 Å². The molecule has 18 heavy (non-hydrogen) atoms. The minimum Gasteiger partial charge on any atom is -0.480 e. The zero-order valence-corrected chi connectivity index (χ0v) is 11.5. The van der Waals surface area contributed by atoms with E-state index in [1.807, 2.05) is 12.1 Å². The van der Waals surface area contributed by atoms with Crippen LogP contribution in [-0.4, -0.2) is 37.6 Å². The Morgan fingerprint density at radius 1 is 1.28 bits per heavy atom. The van der Waals surface area contributed by atoms with E-state index in [0.717, 1.165) is 38.1 Å². The van der Waals surface area contributed by atoms with Gasteiger partial charge in [0, 0.05) is 19.8 Å². The second-order valence-corrected chi connectivity index (χ2v) is 4.14. The van der Waals surface area contributed by atoms with Crippen molar-refractivity contribution in [3.63, 3.8) is 0 Å². The molecule has 0 spiro atoms. The fourth-order valence-electron chi connectivity index (χ4n) is 1.73. The highest BCUT2D eigenvalue weighted by molar-refractivity contribution is 5.14. The number of aromatic nitrogens is 2. The standard InChI is InChI=1S/C13H23N3O2/c1-4-9-14-11(6-5-10-17-2)12-7-8-13(18-3)16-15-12/h7-8,11,14H,4-6,9-10H2,1-3H3. The topological polar surface area (TPSA) is 56.3 Å². The molecule has 0 aromatic carbocycles. The molecule has 1 aromatic heterocycles. The molecule has 0 saturated carbocycles. The van der Waals surface area contributed by atoms with E-state index >= 15 is 0 Å². The van der Waals surface area contributed by atoms with Crippen molar-refractivity contribution >= 4 is 0 Å². The first-order valence-electron chi connectivity index (χ1n) is 6.41. The van der Waals surface area contributed by atoms with Crippen molar-refractivity contribution in [2.75, 3.05) is 27.4 Å². The summed E-state index contributed by atoms with van der Waals surface area (Å²) >= 11 is 0. The van der Waals surface area contributed by atoms with Gasteiger partial charge in [-0.15, -0.1) is 5.10 Å². The van der Waals surface area contributed by atoms with Crippen LogP contribution in [0.4, 0.5) is 0 Å². The molecule has 1 unspecified atom stereocenters. The monoisotopic (exact) mass is 253 g/mol. The van der Waals surface area contributed by atoms with Gasteiger partial charge in [0.15, 0.2) is 0 Å². The third-order valence-corrected chi connectivity index (χ3v) is 2.71. The Hall–Kier alpha value is -1.20. The van der Waals surface area contributed by atoms with Crippen molar-refractivity contribution < 1.29 is 9.47 Å². The van der Waals surface area contributed by atoms with E-state index in [1.54, 1.807) is 14.2 Å². The van der Waals surface area contributed by atoms with E-state index in [-0.39, 0.29) is 6.04 Å². The summed E-state index contributed by atoms with van der Waals surface area (Å²) in [6.07, 6.45) is 3.10. The van der Waals surface area contributed by atoms with Gasteiger partial charge in [-0.25, -0.2) is 0 Å². The maximum atomic E-state index is 5.09. The lowest BCUT2D eigenvalue weighted by molar-refractivity contribution is 0.188. The van der Waals surface area contributed by atoms with Gasteiger partial charge < -0.3 is 14.8 Å². The lowest BCUT2D eigenvalue weighted by Gasteiger charge is -2.17. The molecule has 0 aliphatic rings. The van der Waals surface area contributed by atoms with Crippen LogP contribution in [0.1, 0.15) is 37.9 Å². The summed E-state index contributed by atoms with van der Waals surface area (Å²) in [5, 5.41) is 11.7. The number of hydrogen-bond acceptors (Lipinski definition) is 5. The minimum atomic E-state index is 0.235. The molecule has 102 valence electrons. The Morgan fingerprint density at radius 3 is 2.67 bits per heavy atom. The summed E-state index contributed by atoms with van der Waals surface area (Å²) in [6.45, 7) is 3.90. The molecule has 1 aromatic rings. The molecule has 0 aliphatic heterocycles. The van der Waals surface area contributed by atoms with E-state index in [2.05, 4.69) is 22.4 Å². The quantitative estimate of drug-likeness (QED) is 0.682. The lowest BCUT2D eigenvalue weighted by Crippen LogP contribution is -2.23. The summed E-state index contributed by atoms with van der Waals surface area (Å²) in [5.74, 6) is 0.546. The van der Waals surface area contributed by atoms with Crippen LogP contribution in [0.5, 0.6) is 5.88 Å². The first-order chi connectivity index (χ1) is 8.81. The molecule has 0 radical (unpaired) electrons. The zero-order chi connectivity index (χ0) is 13.2. The van der Waals surface area contributed by atoms with Crippen molar-refractivity contribution in [1.82, 2.24) is 15.5 Å². The highest BCUT2D eigenvalue weighted by Gasteiger charge is 2.12. The molecular formula is C13H23N3O2. The third-order valence-electron chi connectivity index (χ3n) is 2.71. The smallest absolute Gasteiger partial charge is 0.233 e. The Morgan fingerprint density at radius 2 is 2.11 bits per heavy atom. The van der Waals surface area contributed by atoms with Crippen LogP contribution in [0.25, 0.3) is 0 Å². The van der Waals surface area contributed by atoms with E-state index in [1.165, 1.54) is 0 Å². The van der Waals surface area contributed by atoms with Crippen molar-refractivity contribution in [3.8, 4) is 5.88 Å². The summed E-state index contributed by atoms with van der Waals surface area (Å²) in [4.78, 5) is 0. The highest BCUT2D eigenvalue weighted by Crippen LogP contribution is 2.17. The van der Waals surface area contributed by atoms with Gasteiger partial charge in [-0.3, -0.25) is 0 Å². The number of nitrogens with zero attached hydrogens (tertiary/aromatic N) is 2. The van der Waals surface area contributed by atoms with Crippen LogP contribution in [0.3, 0.4) is 0 Å². The van der Waals surface area contributed by atoms with E-state index < -0.39 is 0 Å². The first-order valence-corrected chi connectivity index (χ1v) is 6.41. The van der Waals surface area contributed by atoms with Crippen molar-refractivity contribution in [3.05, 3.63) is 17.8 Å². The van der Waals surface area contributed by atoms with E-state index in [9.17, 15) is 0 Å². The maximum Gasteiger partial charge on any atom is 0.233 e. The summed E-state index contributed by atoms with van der Waals surface area (Å²) in [5.41, 5.74) is 0.959. The summed E-state index contributed by atoms with van der Waals surface area (Å²) < 4.78 is 10.1. The highest BCUT2D eigenvalue weighted by atomic mass is 16.5. The molecule has 1 atom stereocenters. The number of rotatable bonds is 9. The van der Waals surface area contributed by atoms with Crippen molar-refractivity contribution in [2.24, 2.45) is 0 Å². The zero-order valence-electron chi connectivity index (χ0n) is 11.5. The third kappa shape index (κ3) is 4.98. The van der Waals surface area contributed by atoms with Crippen LogP contribution in [0.15, 0.2) is 12.1 Å². The molecule has 0 saturated heterocycles. The molecule has 5 nitrogen and oxygen atoms in total. The SMILES string of the molecule is CCCNC(CCCOC)c1ccc(OC)nn1. The predicted molar refractivity (Wildman–Crippen MR) is 70.7 cm³/mol. The Balaban J connectivity index is 2.60. The summed E-state index contributed by atoms with van der Waals surface area (Å²) in [6, 6.07) is 4.05. The number of nitrogens with one attached hydrogen (secondary N) is 1. The van der Waals surface area contributed by atoms with Gasteiger partial charge >= 0.3 is 0 Å². The van der Waals surface area contributed by atoms with E-state index in [4.69, 9.17) is 9.47 Å². The second kappa shape index (κ2) is 8.83. The van der Waals surface area contributed by atoms with Gasteiger partial charge in [0.1, 0.15) is 0 Å². The van der Waals surface area contributed by atoms with Gasteiger partial charge in [0.05, 0.1) is 18.8 Å². The van der Waals surface area contributed by atoms with Gasteiger partial charge in [-0.1, -0.05) is 6.92 Å². The Bertz CT molecular complexity index is 317. The number of ether oxygens (including phenoxy) is 2. The fourth-order valence-corrected chi connectivity index (χ4v) is 1.73. The molecule has 5 heteroatoms. The molecule has 1 rings (SSSR count). The van der Waals surface area contributed by atoms with Gasteiger partial charge in [0.25, 0.3) is 0 Å². The maximum absolute atomic E-state index is 5.09. The van der Waals surface area contributed by atoms with Crippen LogP contribution < -0.4 is 10.1 Å². The molecular weight excluding hydrogens is 230 g/mol. The molecule has 1 N–H and O–H groups in total. The largest absolute Gasteiger partial charge is 0.480 e. The summed E-state index contributed by atoms with van der Waals surface area (Å²) in [7, 11) is 3.32. The lowest BCUT2D eigenvalue weighted by atomic mass is 10.1. The number of hydrogen-bond donors (Lipinski definition) is 1. The van der Waals surface area contributed by atoms with Crippen LogP contribution >= 0.6 is 0 Å². The Labute approximate surface area is 109 Å². The fraction of sp³-hybridized carbons (Fsp3) is 0.692. The van der Waals surface area contributed by atoms with Gasteiger partial charge in [0.2, 0.25) is 5.88 Å². The van der Waals surface area contributed by atoms with E-state index in [0.29, 0.717) is 5.88 Å². The van der Waals surface area contributed by atoms with Gasteiger partial charge in [-0.05, 0) is 31.9 Å². The van der Waals surface area contributed by atoms with Crippen LogP contribution in [0.2, 0.25) is 0 Å².